The molecular formula is C11H19N5O2S2. The van der Waals surface area contributed by atoms with Crippen molar-refractivity contribution in [2.45, 2.75) is 13.8 Å². The topological polar surface area (TPSA) is 101 Å². The van der Waals surface area contributed by atoms with E-state index in [1.165, 1.54) is 18.4 Å². The zero-order valence-electron chi connectivity index (χ0n) is 12.0. The molecule has 112 valence electrons. The Balaban J connectivity index is 2.90. The number of hydrogen-bond acceptors (Lipinski definition) is 6. The number of aromatic nitrogens is 2. The van der Waals surface area contributed by atoms with Gasteiger partial charge in [0.05, 0.1) is 17.0 Å². The average molecular weight is 317 g/mol. The highest BCUT2D eigenvalue weighted by atomic mass is 32.2. The monoisotopic (exact) mass is 317 g/mol. The van der Waals surface area contributed by atoms with Crippen LogP contribution in [0.3, 0.4) is 0 Å². The van der Waals surface area contributed by atoms with Gasteiger partial charge in [0, 0.05) is 20.6 Å². The van der Waals surface area contributed by atoms with E-state index in [0.717, 1.165) is 11.3 Å². The number of nitrogens with zero attached hydrogens (tertiary/aromatic N) is 3. The molecule has 0 spiro atoms. The zero-order chi connectivity index (χ0) is 15.5. The normalized spacial score (nSPS) is 11.7. The summed E-state index contributed by atoms with van der Waals surface area (Å²) in [5.41, 5.74) is 7.87. The van der Waals surface area contributed by atoms with E-state index in [0.29, 0.717) is 11.4 Å². The Morgan fingerprint density at radius 3 is 2.45 bits per heavy atom. The lowest BCUT2D eigenvalue weighted by atomic mass is 10.1. The molecule has 0 atom stereocenters. The number of hydrogen-bond donors (Lipinski definition) is 2. The van der Waals surface area contributed by atoms with Crippen LogP contribution in [0.1, 0.15) is 16.8 Å². The van der Waals surface area contributed by atoms with Crippen LogP contribution in [0.25, 0.3) is 0 Å². The van der Waals surface area contributed by atoms with Crippen molar-refractivity contribution in [3.8, 4) is 0 Å². The molecule has 1 rings (SSSR count). The van der Waals surface area contributed by atoms with Gasteiger partial charge in [0.15, 0.2) is 5.82 Å². The third-order valence-corrected chi connectivity index (χ3v) is 4.95. The maximum Gasteiger partial charge on any atom is 0.215 e. The summed E-state index contributed by atoms with van der Waals surface area (Å²) in [4.78, 5) is 0.207. The van der Waals surface area contributed by atoms with Gasteiger partial charge >= 0.3 is 0 Å². The van der Waals surface area contributed by atoms with Gasteiger partial charge in [0.1, 0.15) is 4.99 Å². The van der Waals surface area contributed by atoms with Gasteiger partial charge in [-0.1, -0.05) is 12.2 Å². The van der Waals surface area contributed by atoms with Gasteiger partial charge in [-0.3, -0.25) is 0 Å². The first kappa shape index (κ1) is 16.7. The molecule has 0 saturated heterocycles. The number of aryl methyl sites for hydroxylation is 1. The fourth-order valence-corrected chi connectivity index (χ4v) is 2.49. The molecule has 9 heteroatoms. The van der Waals surface area contributed by atoms with Crippen molar-refractivity contribution in [3.63, 3.8) is 0 Å². The second-order valence-electron chi connectivity index (χ2n) is 4.52. The molecule has 0 unspecified atom stereocenters. The number of anilines is 1. The third-order valence-electron chi connectivity index (χ3n) is 2.91. The van der Waals surface area contributed by atoms with E-state index in [1.807, 2.05) is 13.8 Å². The lowest BCUT2D eigenvalue weighted by molar-refractivity contribution is 0.521. The van der Waals surface area contributed by atoms with Crippen molar-refractivity contribution in [3.05, 3.63) is 16.8 Å². The molecule has 0 aliphatic heterocycles. The number of nitrogens with one attached hydrogen (secondary N) is 1. The summed E-state index contributed by atoms with van der Waals surface area (Å²) >= 11 is 5.01. The van der Waals surface area contributed by atoms with Gasteiger partial charge in [-0.25, -0.2) is 12.7 Å². The van der Waals surface area contributed by atoms with E-state index in [-0.39, 0.29) is 17.3 Å². The Hall–Kier alpha value is -1.32. The van der Waals surface area contributed by atoms with Crippen molar-refractivity contribution in [2.75, 3.05) is 31.7 Å². The molecule has 1 heterocycles. The lowest BCUT2D eigenvalue weighted by Crippen LogP contribution is -2.29. The van der Waals surface area contributed by atoms with Crippen molar-refractivity contribution < 1.29 is 8.42 Å². The highest BCUT2D eigenvalue weighted by molar-refractivity contribution is 7.89. The van der Waals surface area contributed by atoms with Crippen LogP contribution in [0.4, 0.5) is 5.82 Å². The van der Waals surface area contributed by atoms with Crippen LogP contribution in [-0.4, -0.2) is 54.3 Å². The first-order valence-electron chi connectivity index (χ1n) is 5.94. The summed E-state index contributed by atoms with van der Waals surface area (Å²) in [6.45, 7) is 3.86. The van der Waals surface area contributed by atoms with Crippen molar-refractivity contribution in [1.29, 1.82) is 0 Å². The molecule has 1 aromatic heterocycles. The second kappa shape index (κ2) is 6.42. The summed E-state index contributed by atoms with van der Waals surface area (Å²) in [5, 5.41) is 10.9. The van der Waals surface area contributed by atoms with Crippen LogP contribution >= 0.6 is 12.2 Å². The van der Waals surface area contributed by atoms with Crippen molar-refractivity contribution in [2.24, 2.45) is 5.73 Å². The molecule has 20 heavy (non-hydrogen) atoms. The van der Waals surface area contributed by atoms with Crippen LogP contribution in [0, 0.1) is 13.8 Å². The van der Waals surface area contributed by atoms with Crippen LogP contribution in [-0.2, 0) is 10.0 Å². The van der Waals surface area contributed by atoms with Crippen LogP contribution < -0.4 is 11.1 Å². The van der Waals surface area contributed by atoms with E-state index >= 15 is 0 Å². The number of rotatable bonds is 6. The summed E-state index contributed by atoms with van der Waals surface area (Å²) < 4.78 is 24.5. The maximum atomic E-state index is 11.7. The summed E-state index contributed by atoms with van der Waals surface area (Å²) in [6, 6.07) is 0. The minimum absolute atomic E-state index is 0.0502. The Kier molecular flexibility index (Phi) is 5.37. The predicted molar refractivity (Wildman–Crippen MR) is 83.4 cm³/mol. The van der Waals surface area contributed by atoms with Gasteiger partial charge in [-0.2, -0.15) is 5.10 Å². The summed E-state index contributed by atoms with van der Waals surface area (Å²) in [6.07, 6.45) is 0. The first-order chi connectivity index (χ1) is 9.16. The molecule has 0 fully saturated rings. The molecule has 0 aliphatic carbocycles. The molecule has 0 radical (unpaired) electrons. The third kappa shape index (κ3) is 3.84. The van der Waals surface area contributed by atoms with E-state index in [4.69, 9.17) is 18.0 Å². The Bertz CT molecular complexity index is 613. The van der Waals surface area contributed by atoms with Gasteiger partial charge in [-0.05, 0) is 19.4 Å². The molecule has 0 aromatic carbocycles. The molecule has 1 aromatic rings. The standard InChI is InChI=1S/C11H19N5O2S2/c1-7-8(2)14-15-11(9(7)10(12)19)13-5-6-20(17,18)16(3)4/h5-6H2,1-4H3,(H2,12,19)(H,13,15). The van der Waals surface area contributed by atoms with Crippen LogP contribution in [0.15, 0.2) is 0 Å². The van der Waals surface area contributed by atoms with E-state index < -0.39 is 10.0 Å². The van der Waals surface area contributed by atoms with Crippen LogP contribution in [0.2, 0.25) is 0 Å². The minimum atomic E-state index is -3.26. The fourth-order valence-electron chi connectivity index (χ4n) is 1.51. The molecule has 0 bridgehead atoms. The Morgan fingerprint density at radius 2 is 1.95 bits per heavy atom. The van der Waals surface area contributed by atoms with Gasteiger partial charge in [-0.15, -0.1) is 5.10 Å². The Morgan fingerprint density at radius 1 is 1.35 bits per heavy atom. The zero-order valence-corrected chi connectivity index (χ0v) is 13.6. The molecule has 0 aliphatic rings. The lowest BCUT2D eigenvalue weighted by Gasteiger charge is -2.14. The summed E-state index contributed by atoms with van der Waals surface area (Å²) in [7, 11) is -0.278. The SMILES string of the molecule is Cc1nnc(NCCS(=O)(=O)N(C)C)c(C(N)=S)c1C. The predicted octanol–water partition coefficient (Wildman–Crippen LogP) is 0.0309. The number of sulfonamides is 1. The highest BCUT2D eigenvalue weighted by Gasteiger charge is 2.16. The minimum Gasteiger partial charge on any atom is -0.389 e. The van der Waals surface area contributed by atoms with E-state index in [2.05, 4.69) is 15.5 Å². The largest absolute Gasteiger partial charge is 0.389 e. The van der Waals surface area contributed by atoms with Crippen LogP contribution in [0.5, 0.6) is 0 Å². The first-order valence-corrected chi connectivity index (χ1v) is 7.96. The van der Waals surface area contributed by atoms with Gasteiger partial charge in [0.25, 0.3) is 0 Å². The quantitative estimate of drug-likeness (QED) is 0.714. The average Bonchev–Trinajstić information content (AvgIpc) is 2.32. The van der Waals surface area contributed by atoms with E-state index in [1.54, 1.807) is 0 Å². The highest BCUT2D eigenvalue weighted by Crippen LogP contribution is 2.18. The summed E-state index contributed by atoms with van der Waals surface area (Å²) in [5.74, 6) is 0.361. The molecule has 0 amide bonds. The number of nitrogens with two attached hydrogens (primary N) is 1. The van der Waals surface area contributed by atoms with Crippen molar-refractivity contribution in [1.82, 2.24) is 14.5 Å². The van der Waals surface area contributed by atoms with Gasteiger partial charge in [0.2, 0.25) is 10.0 Å². The van der Waals surface area contributed by atoms with Gasteiger partial charge < -0.3 is 11.1 Å². The number of thiocarbonyl (C=S) groups is 1. The Labute approximate surface area is 124 Å². The molecule has 3 N–H and O–H groups in total. The smallest absolute Gasteiger partial charge is 0.215 e. The fraction of sp³-hybridized carbons (Fsp3) is 0.545. The maximum absolute atomic E-state index is 11.7. The molecular weight excluding hydrogens is 298 g/mol. The van der Waals surface area contributed by atoms with Crippen molar-refractivity contribution >= 4 is 33.0 Å². The second-order valence-corrected chi connectivity index (χ2v) is 7.27. The molecule has 0 saturated carbocycles. The molecule has 7 nitrogen and oxygen atoms in total. The van der Waals surface area contributed by atoms with E-state index in [9.17, 15) is 8.42 Å².